The number of benzene rings is 2. The van der Waals surface area contributed by atoms with Crippen molar-refractivity contribution in [3.05, 3.63) is 58.4 Å². The molecule has 0 heterocycles. The lowest BCUT2D eigenvalue weighted by atomic mass is 9.71. The first-order valence-electron chi connectivity index (χ1n) is 13.6. The molecule has 4 N–H and O–H groups in total. The number of aliphatic hydroxyl groups is 2. The van der Waals surface area contributed by atoms with Crippen LogP contribution >= 0.6 is 11.6 Å². The standard InChI is InChI=1S/C29H34ClF3N2O6S/c1-28(2,3)27(38)34-14-19(36)13-29(39)16-5-6-17(29)10-20(9-16)42(40,41)24-8-15(4-7-21(24)30)26(37)35-18-11-22(31)25(33)23(32)12-18/h4,7-8,11-12,16-17,19-20,36,39H,5-6,9-10,13-14H2,1-3H3,(H,34,38)(H,35,37)/t16-,17?,19?,20?,29?/m0/s1. The second kappa shape index (κ2) is 11.8. The van der Waals surface area contributed by atoms with Gasteiger partial charge in [0.1, 0.15) is 0 Å². The lowest BCUT2D eigenvalue weighted by Crippen LogP contribution is -2.51. The molecule has 13 heteroatoms. The Balaban J connectivity index is 1.48. The van der Waals surface area contributed by atoms with E-state index in [4.69, 9.17) is 11.6 Å². The Morgan fingerprint density at radius 2 is 1.64 bits per heavy atom. The number of sulfone groups is 1. The number of aliphatic hydroxyl groups excluding tert-OH is 1. The highest BCUT2D eigenvalue weighted by atomic mass is 35.5. The number of nitrogens with one attached hydrogen (secondary N) is 2. The highest BCUT2D eigenvalue weighted by Gasteiger charge is 2.56. The van der Waals surface area contributed by atoms with Crippen molar-refractivity contribution in [3.63, 3.8) is 0 Å². The Labute approximate surface area is 247 Å². The minimum absolute atomic E-state index is 0.0134. The van der Waals surface area contributed by atoms with Gasteiger partial charge in [0.2, 0.25) is 5.91 Å². The van der Waals surface area contributed by atoms with Gasteiger partial charge >= 0.3 is 0 Å². The number of carbonyl (C=O) groups excluding carboxylic acids is 2. The number of hydrogen-bond acceptors (Lipinski definition) is 6. The van der Waals surface area contributed by atoms with E-state index in [-0.39, 0.29) is 52.9 Å². The molecule has 0 aliphatic heterocycles. The second-order valence-corrected chi connectivity index (χ2v) is 14.9. The van der Waals surface area contributed by atoms with Gasteiger partial charge in [-0.15, -0.1) is 0 Å². The predicted octanol–water partition coefficient (Wildman–Crippen LogP) is 4.62. The molecule has 2 aromatic carbocycles. The van der Waals surface area contributed by atoms with Gasteiger partial charge in [-0.05, 0) is 55.7 Å². The molecule has 2 fully saturated rings. The minimum atomic E-state index is -4.10. The second-order valence-electron chi connectivity index (χ2n) is 12.3. The van der Waals surface area contributed by atoms with Crippen LogP contribution in [-0.2, 0) is 14.6 Å². The fourth-order valence-corrected chi connectivity index (χ4v) is 8.40. The van der Waals surface area contributed by atoms with Crippen LogP contribution in [0.15, 0.2) is 35.2 Å². The number of hydrogen-bond donors (Lipinski definition) is 4. The molecule has 2 saturated carbocycles. The summed E-state index contributed by atoms with van der Waals surface area (Å²) in [7, 11) is -4.10. The van der Waals surface area contributed by atoms with E-state index in [2.05, 4.69) is 10.6 Å². The Bertz CT molecular complexity index is 1460. The van der Waals surface area contributed by atoms with Crippen molar-refractivity contribution in [1.29, 1.82) is 0 Å². The van der Waals surface area contributed by atoms with Gasteiger partial charge in [-0.25, -0.2) is 21.6 Å². The van der Waals surface area contributed by atoms with Gasteiger partial charge in [-0.2, -0.15) is 0 Å². The zero-order chi connectivity index (χ0) is 31.2. The van der Waals surface area contributed by atoms with E-state index < -0.39 is 67.4 Å². The van der Waals surface area contributed by atoms with Crippen molar-refractivity contribution in [2.45, 2.75) is 74.7 Å². The first kappa shape index (κ1) is 32.2. The largest absolute Gasteiger partial charge is 0.391 e. The van der Waals surface area contributed by atoms with Crippen LogP contribution in [0.25, 0.3) is 0 Å². The van der Waals surface area contributed by atoms with Crippen LogP contribution < -0.4 is 10.6 Å². The Kier molecular flexibility index (Phi) is 9.05. The Hall–Kier alpha value is -2.67. The fraction of sp³-hybridized carbons (Fsp3) is 0.517. The molecule has 2 aromatic rings. The van der Waals surface area contributed by atoms with Gasteiger partial charge in [0.25, 0.3) is 5.91 Å². The molecular formula is C29H34ClF3N2O6S. The van der Waals surface area contributed by atoms with Crippen LogP contribution in [0.1, 0.15) is 63.2 Å². The smallest absolute Gasteiger partial charge is 0.255 e. The van der Waals surface area contributed by atoms with Crippen molar-refractivity contribution >= 4 is 38.9 Å². The number of halogens is 4. The maximum absolute atomic E-state index is 13.8. The van der Waals surface area contributed by atoms with E-state index in [0.717, 1.165) is 6.07 Å². The first-order chi connectivity index (χ1) is 19.4. The summed E-state index contributed by atoms with van der Waals surface area (Å²) in [4.78, 5) is 24.6. The molecule has 4 unspecified atom stereocenters. The summed E-state index contributed by atoms with van der Waals surface area (Å²) in [5.74, 6) is -6.66. The molecule has 8 nitrogen and oxygen atoms in total. The molecule has 2 aliphatic carbocycles. The molecule has 4 rings (SSSR count). The molecule has 0 aromatic heterocycles. The van der Waals surface area contributed by atoms with Crippen LogP contribution in [0.2, 0.25) is 5.02 Å². The van der Waals surface area contributed by atoms with Crippen LogP contribution in [0.4, 0.5) is 18.9 Å². The molecule has 0 saturated heterocycles. The van der Waals surface area contributed by atoms with Crippen LogP contribution in [0.5, 0.6) is 0 Å². The monoisotopic (exact) mass is 630 g/mol. The maximum atomic E-state index is 13.8. The number of amides is 2. The quantitative estimate of drug-likeness (QED) is 0.315. The van der Waals surface area contributed by atoms with Gasteiger partial charge in [-0.3, -0.25) is 9.59 Å². The van der Waals surface area contributed by atoms with E-state index in [1.165, 1.54) is 12.1 Å². The van der Waals surface area contributed by atoms with Gasteiger partial charge < -0.3 is 20.8 Å². The molecular weight excluding hydrogens is 597 g/mol. The zero-order valence-electron chi connectivity index (χ0n) is 23.4. The zero-order valence-corrected chi connectivity index (χ0v) is 25.0. The van der Waals surface area contributed by atoms with Gasteiger partial charge in [-0.1, -0.05) is 32.4 Å². The average molecular weight is 631 g/mol. The number of fused-ring (bicyclic) bond motifs is 2. The van der Waals surface area contributed by atoms with Crippen molar-refractivity contribution in [3.8, 4) is 0 Å². The molecule has 2 aliphatic rings. The average Bonchev–Trinajstić information content (AvgIpc) is 3.05. The number of carbonyl (C=O) groups is 2. The van der Waals surface area contributed by atoms with E-state index in [1.54, 1.807) is 20.8 Å². The number of rotatable bonds is 8. The summed E-state index contributed by atoms with van der Waals surface area (Å²) < 4.78 is 67.9. The van der Waals surface area contributed by atoms with Crippen molar-refractivity contribution in [2.24, 2.45) is 17.3 Å². The van der Waals surface area contributed by atoms with E-state index >= 15 is 0 Å². The molecule has 2 bridgehead atoms. The van der Waals surface area contributed by atoms with Gasteiger partial charge in [0.05, 0.1) is 26.9 Å². The summed E-state index contributed by atoms with van der Waals surface area (Å²) in [6.45, 7) is 5.19. The van der Waals surface area contributed by atoms with E-state index in [0.29, 0.717) is 25.0 Å². The summed E-state index contributed by atoms with van der Waals surface area (Å²) in [6, 6.07) is 4.74. The normalized spacial score (nSPS) is 24.7. The van der Waals surface area contributed by atoms with E-state index in [1.807, 2.05) is 0 Å². The van der Waals surface area contributed by atoms with Crippen LogP contribution in [0.3, 0.4) is 0 Å². The molecule has 230 valence electrons. The third-order valence-electron chi connectivity index (χ3n) is 8.29. The summed E-state index contributed by atoms with van der Waals surface area (Å²) >= 11 is 6.26. The van der Waals surface area contributed by atoms with Crippen molar-refractivity contribution in [1.82, 2.24) is 5.32 Å². The topological polar surface area (TPSA) is 133 Å². The number of anilines is 1. The van der Waals surface area contributed by atoms with Crippen LogP contribution in [0, 0.1) is 34.7 Å². The third kappa shape index (κ3) is 6.46. The summed E-state index contributed by atoms with van der Waals surface area (Å²) in [5, 5.41) is 26.0. The van der Waals surface area contributed by atoms with Crippen molar-refractivity contribution < 1.29 is 41.4 Å². The first-order valence-corrected chi connectivity index (χ1v) is 15.5. The van der Waals surface area contributed by atoms with Gasteiger partial charge in [0, 0.05) is 41.8 Å². The van der Waals surface area contributed by atoms with Crippen molar-refractivity contribution in [2.75, 3.05) is 11.9 Å². The van der Waals surface area contributed by atoms with Crippen LogP contribution in [-0.4, -0.2) is 53.9 Å². The Morgan fingerprint density at radius 3 is 2.19 bits per heavy atom. The minimum Gasteiger partial charge on any atom is -0.391 e. The molecule has 0 spiro atoms. The SMILES string of the molecule is CC(C)(C)C(=O)NCC(O)CC1(O)C2CC[C@H]1CC(S(=O)(=O)c1cc(C(=O)Nc3cc(F)c(F)c(F)c3)ccc1Cl)C2. The van der Waals surface area contributed by atoms with Gasteiger partial charge in [0.15, 0.2) is 27.3 Å². The highest BCUT2D eigenvalue weighted by Crippen LogP contribution is 2.54. The molecule has 2 amide bonds. The lowest BCUT2D eigenvalue weighted by Gasteiger charge is -2.43. The highest BCUT2D eigenvalue weighted by molar-refractivity contribution is 7.92. The Morgan fingerprint density at radius 1 is 1.07 bits per heavy atom. The predicted molar refractivity (Wildman–Crippen MR) is 150 cm³/mol. The third-order valence-corrected chi connectivity index (χ3v) is 10.9. The molecule has 42 heavy (non-hydrogen) atoms. The molecule has 0 radical (unpaired) electrons. The summed E-state index contributed by atoms with van der Waals surface area (Å²) in [5.41, 5.74) is -2.46. The molecule has 5 atom stereocenters. The maximum Gasteiger partial charge on any atom is 0.255 e. The lowest BCUT2D eigenvalue weighted by molar-refractivity contribution is -0.129. The summed E-state index contributed by atoms with van der Waals surface area (Å²) in [6.07, 6.45) is 0.310. The van der Waals surface area contributed by atoms with E-state index in [9.17, 15) is 41.4 Å². The fourth-order valence-electron chi connectivity index (χ4n) is 6.00.